The van der Waals surface area contributed by atoms with Crippen molar-refractivity contribution in [3.05, 3.63) is 29.8 Å². The van der Waals surface area contributed by atoms with Gasteiger partial charge in [-0.3, -0.25) is 0 Å². The lowest BCUT2D eigenvalue weighted by Crippen LogP contribution is -2.38. The molecule has 1 aliphatic heterocycles. The predicted octanol–water partition coefficient (Wildman–Crippen LogP) is 4.74. The molecule has 0 aliphatic carbocycles. The van der Waals surface area contributed by atoms with E-state index in [0.29, 0.717) is 6.04 Å². The zero-order valence-corrected chi connectivity index (χ0v) is 13.9. The minimum atomic E-state index is 0.623. The molecule has 2 rings (SSSR count). The molecular weight excluding hydrogens is 256 g/mol. The van der Waals surface area contributed by atoms with Crippen molar-refractivity contribution < 1.29 is 0 Å². The van der Waals surface area contributed by atoms with Crippen LogP contribution in [0, 0.1) is 0 Å². The van der Waals surface area contributed by atoms with Crippen molar-refractivity contribution >= 4 is 5.69 Å². The van der Waals surface area contributed by atoms with Crippen LogP contribution in [0.2, 0.25) is 0 Å². The normalized spacial score (nSPS) is 18.4. The summed E-state index contributed by atoms with van der Waals surface area (Å²) in [4.78, 5) is 2.61. The highest BCUT2D eigenvalue weighted by Gasteiger charge is 2.19. The first-order valence-corrected chi connectivity index (χ1v) is 8.91. The van der Waals surface area contributed by atoms with Crippen molar-refractivity contribution in [2.45, 2.75) is 71.4 Å². The Morgan fingerprint density at radius 2 is 1.81 bits per heavy atom. The molecule has 2 nitrogen and oxygen atoms in total. The van der Waals surface area contributed by atoms with Gasteiger partial charge < -0.3 is 10.2 Å². The Bertz CT molecular complexity index is 402. The number of hydrogen-bond donors (Lipinski definition) is 1. The minimum absolute atomic E-state index is 0.623. The number of hydrogen-bond acceptors (Lipinski definition) is 2. The van der Waals surface area contributed by atoms with E-state index in [2.05, 4.69) is 48.3 Å². The Balaban J connectivity index is 1.89. The Kier molecular flexibility index (Phi) is 7.08. The number of anilines is 1. The van der Waals surface area contributed by atoms with Crippen LogP contribution in [0.25, 0.3) is 0 Å². The lowest BCUT2D eigenvalue weighted by molar-refractivity contribution is 0.497. The van der Waals surface area contributed by atoms with Gasteiger partial charge >= 0.3 is 0 Å². The summed E-state index contributed by atoms with van der Waals surface area (Å²) in [5, 5.41) is 3.69. The molecule has 1 atom stereocenters. The van der Waals surface area contributed by atoms with Gasteiger partial charge in [-0.15, -0.1) is 0 Å². The van der Waals surface area contributed by atoms with Gasteiger partial charge in [0.25, 0.3) is 0 Å². The highest BCUT2D eigenvalue weighted by molar-refractivity contribution is 5.54. The highest BCUT2D eigenvalue weighted by Crippen LogP contribution is 2.24. The summed E-state index contributed by atoms with van der Waals surface area (Å²) in [5.74, 6) is 0. The van der Waals surface area contributed by atoms with Gasteiger partial charge in [-0.25, -0.2) is 0 Å². The van der Waals surface area contributed by atoms with E-state index in [1.807, 2.05) is 0 Å². The van der Waals surface area contributed by atoms with Gasteiger partial charge in [0.2, 0.25) is 0 Å². The van der Waals surface area contributed by atoms with Gasteiger partial charge in [0.1, 0.15) is 0 Å². The van der Waals surface area contributed by atoms with Gasteiger partial charge in [0.05, 0.1) is 0 Å². The summed E-state index contributed by atoms with van der Waals surface area (Å²) in [6.45, 7) is 7.95. The molecule has 0 radical (unpaired) electrons. The molecule has 1 aliphatic rings. The molecule has 1 N–H and O–H groups in total. The van der Waals surface area contributed by atoms with E-state index < -0.39 is 0 Å². The maximum Gasteiger partial charge on any atom is 0.0412 e. The van der Waals surface area contributed by atoms with Crippen molar-refractivity contribution in [3.8, 4) is 0 Å². The first-order valence-electron chi connectivity index (χ1n) is 8.91. The van der Waals surface area contributed by atoms with Crippen LogP contribution in [0.3, 0.4) is 0 Å². The third-order valence-corrected chi connectivity index (χ3v) is 4.63. The number of rotatable bonds is 8. The largest absolute Gasteiger partial charge is 0.370 e. The van der Waals surface area contributed by atoms with E-state index >= 15 is 0 Å². The van der Waals surface area contributed by atoms with Gasteiger partial charge in [0.15, 0.2) is 0 Å². The van der Waals surface area contributed by atoms with E-state index in [9.17, 15) is 0 Å². The molecular formula is C19H32N2. The minimum Gasteiger partial charge on any atom is -0.370 e. The third-order valence-electron chi connectivity index (χ3n) is 4.63. The van der Waals surface area contributed by atoms with Crippen molar-refractivity contribution in [2.24, 2.45) is 0 Å². The van der Waals surface area contributed by atoms with Gasteiger partial charge in [-0.2, -0.15) is 0 Å². The van der Waals surface area contributed by atoms with E-state index in [-0.39, 0.29) is 0 Å². The molecule has 0 amide bonds. The summed E-state index contributed by atoms with van der Waals surface area (Å²) >= 11 is 0. The zero-order valence-electron chi connectivity index (χ0n) is 13.9. The summed E-state index contributed by atoms with van der Waals surface area (Å²) in [6, 6.07) is 9.54. The lowest BCUT2D eigenvalue weighted by Gasteiger charge is -2.27. The number of unbranched alkanes of at least 4 members (excludes halogenated alkanes) is 5. The van der Waals surface area contributed by atoms with Gasteiger partial charge in [-0.05, 0) is 24.5 Å². The summed E-state index contributed by atoms with van der Waals surface area (Å²) in [7, 11) is 0. The second-order valence-electron chi connectivity index (χ2n) is 6.33. The van der Waals surface area contributed by atoms with E-state index in [1.165, 1.54) is 62.7 Å². The molecule has 2 heteroatoms. The fraction of sp³-hybridized carbons (Fsp3) is 0.684. The maximum atomic E-state index is 3.69. The number of nitrogens with zero attached hydrogens (tertiary/aromatic N) is 1. The highest BCUT2D eigenvalue weighted by atomic mass is 15.2. The monoisotopic (exact) mass is 288 g/mol. The Morgan fingerprint density at radius 3 is 2.62 bits per heavy atom. The van der Waals surface area contributed by atoms with Crippen LogP contribution in [0.15, 0.2) is 24.3 Å². The maximum absolute atomic E-state index is 3.69. The molecule has 0 spiro atoms. The third kappa shape index (κ3) is 5.03. The van der Waals surface area contributed by atoms with Gasteiger partial charge in [-0.1, -0.05) is 64.2 Å². The molecule has 0 fully saturated rings. The van der Waals surface area contributed by atoms with Crippen LogP contribution < -0.4 is 10.2 Å². The first kappa shape index (κ1) is 16.4. The van der Waals surface area contributed by atoms with Gasteiger partial charge in [0, 0.05) is 31.4 Å². The molecule has 1 aromatic carbocycles. The SMILES string of the molecule is CCCCCCCCN1CC(CC)NCc2ccccc21. The molecule has 0 saturated heterocycles. The quantitative estimate of drug-likeness (QED) is 0.695. The molecule has 0 saturated carbocycles. The fourth-order valence-electron chi connectivity index (χ4n) is 3.22. The van der Waals surface area contributed by atoms with Crippen LogP contribution in [-0.4, -0.2) is 19.1 Å². The predicted molar refractivity (Wildman–Crippen MR) is 92.9 cm³/mol. The average molecular weight is 288 g/mol. The molecule has 0 bridgehead atoms. The summed E-state index contributed by atoms with van der Waals surface area (Å²) in [5.41, 5.74) is 2.91. The zero-order chi connectivity index (χ0) is 14.9. The smallest absolute Gasteiger partial charge is 0.0412 e. The van der Waals surface area contributed by atoms with Crippen LogP contribution in [-0.2, 0) is 6.54 Å². The van der Waals surface area contributed by atoms with Crippen LogP contribution >= 0.6 is 0 Å². The second kappa shape index (κ2) is 9.09. The van der Waals surface area contributed by atoms with Crippen molar-refractivity contribution in [3.63, 3.8) is 0 Å². The lowest BCUT2D eigenvalue weighted by atomic mass is 10.1. The molecule has 21 heavy (non-hydrogen) atoms. The first-order chi connectivity index (χ1) is 10.3. The Hall–Kier alpha value is -1.02. The van der Waals surface area contributed by atoms with Crippen molar-refractivity contribution in [2.75, 3.05) is 18.0 Å². The summed E-state index contributed by atoms with van der Waals surface area (Å²) < 4.78 is 0. The van der Waals surface area contributed by atoms with Crippen molar-refractivity contribution in [1.29, 1.82) is 0 Å². The molecule has 118 valence electrons. The Morgan fingerprint density at radius 1 is 1.05 bits per heavy atom. The number of benzene rings is 1. The average Bonchev–Trinajstić information content (AvgIpc) is 2.70. The molecule has 0 aromatic heterocycles. The van der Waals surface area contributed by atoms with Crippen LogP contribution in [0.1, 0.15) is 64.4 Å². The number of nitrogens with one attached hydrogen (secondary N) is 1. The van der Waals surface area contributed by atoms with E-state index in [4.69, 9.17) is 0 Å². The topological polar surface area (TPSA) is 15.3 Å². The molecule has 1 unspecified atom stereocenters. The number of fused-ring (bicyclic) bond motifs is 1. The molecule has 1 aromatic rings. The Labute approximate surface area is 130 Å². The standard InChI is InChI=1S/C19H32N2/c1-3-5-6-7-8-11-14-21-16-18(4-2)20-15-17-12-9-10-13-19(17)21/h9-10,12-13,18,20H,3-8,11,14-16H2,1-2H3. The number of para-hydroxylation sites is 1. The second-order valence-corrected chi connectivity index (χ2v) is 6.33. The van der Waals surface area contributed by atoms with E-state index in [0.717, 1.165) is 13.1 Å². The van der Waals surface area contributed by atoms with Crippen molar-refractivity contribution in [1.82, 2.24) is 5.32 Å². The van der Waals surface area contributed by atoms with E-state index in [1.54, 1.807) is 0 Å². The fourth-order valence-corrected chi connectivity index (χ4v) is 3.22. The van der Waals surface area contributed by atoms with Crippen LogP contribution in [0.5, 0.6) is 0 Å². The summed E-state index contributed by atoms with van der Waals surface area (Å²) in [6.07, 6.45) is 9.46. The van der Waals surface area contributed by atoms with Crippen LogP contribution in [0.4, 0.5) is 5.69 Å². The molecule has 1 heterocycles.